The summed E-state index contributed by atoms with van der Waals surface area (Å²) in [6, 6.07) is 5.41. The van der Waals surface area contributed by atoms with Crippen LogP contribution in [0.4, 0.5) is 0 Å². The molecule has 1 aromatic carbocycles. The molecule has 1 aliphatic rings. The molecule has 0 bridgehead atoms. The molecule has 0 aliphatic carbocycles. The summed E-state index contributed by atoms with van der Waals surface area (Å²) < 4.78 is 6.67. The summed E-state index contributed by atoms with van der Waals surface area (Å²) in [6.45, 7) is 1.83. The number of likely N-dealkylation sites (tertiary alicyclic amines) is 1. The van der Waals surface area contributed by atoms with Crippen molar-refractivity contribution >= 4 is 41.0 Å². The molecule has 6 nitrogen and oxygen atoms in total. The van der Waals surface area contributed by atoms with Crippen LogP contribution in [0.1, 0.15) is 19.3 Å². The van der Waals surface area contributed by atoms with Crippen LogP contribution in [-0.4, -0.2) is 41.6 Å². The Morgan fingerprint density at radius 2 is 2.25 bits per heavy atom. The molecule has 1 aromatic heterocycles. The second-order valence-corrected chi connectivity index (χ2v) is 6.29. The maximum absolute atomic E-state index is 12.4. The molecule has 0 saturated carbocycles. The van der Waals surface area contributed by atoms with Gasteiger partial charge in [0.1, 0.15) is 0 Å². The van der Waals surface area contributed by atoms with E-state index in [1.54, 1.807) is 18.2 Å². The fourth-order valence-corrected chi connectivity index (χ4v) is 3.22. The predicted molar refractivity (Wildman–Crippen MR) is 96.0 cm³/mol. The van der Waals surface area contributed by atoms with Gasteiger partial charge in [0.15, 0.2) is 5.58 Å². The number of rotatable bonds is 4. The van der Waals surface area contributed by atoms with Crippen molar-refractivity contribution in [2.45, 2.75) is 31.8 Å². The highest BCUT2D eigenvalue weighted by molar-refractivity contribution is 6.31. The van der Waals surface area contributed by atoms with Gasteiger partial charge in [-0.15, -0.1) is 12.4 Å². The zero-order valence-corrected chi connectivity index (χ0v) is 15.0. The molecule has 3 rings (SSSR count). The van der Waals surface area contributed by atoms with E-state index in [0.29, 0.717) is 28.7 Å². The van der Waals surface area contributed by atoms with Crippen LogP contribution in [0.25, 0.3) is 11.1 Å². The molecule has 2 aromatic rings. The van der Waals surface area contributed by atoms with Gasteiger partial charge in [-0.1, -0.05) is 11.6 Å². The molecule has 1 N–H and O–H groups in total. The molecule has 8 heteroatoms. The number of nitrogens with one attached hydrogen (secondary N) is 1. The van der Waals surface area contributed by atoms with Crippen molar-refractivity contribution in [2.24, 2.45) is 0 Å². The summed E-state index contributed by atoms with van der Waals surface area (Å²) in [6.07, 6.45) is 2.38. The smallest absolute Gasteiger partial charge is 0.408 e. The standard InChI is InChI=1S/C16H20ClN3O3.ClH/c1-18-12-3-2-7-19(10-12)15(21)6-8-20-13-5-4-11(17)9-14(13)23-16(20)22;/h4-5,9,12,18H,2-3,6-8,10H2,1H3;1H. The van der Waals surface area contributed by atoms with E-state index in [4.69, 9.17) is 16.0 Å². The second-order valence-electron chi connectivity index (χ2n) is 5.85. The third-order valence-corrected chi connectivity index (χ3v) is 4.60. The molecular weight excluding hydrogens is 353 g/mol. The van der Waals surface area contributed by atoms with E-state index in [2.05, 4.69) is 5.32 Å². The molecule has 132 valence electrons. The third-order valence-electron chi connectivity index (χ3n) is 4.36. The summed E-state index contributed by atoms with van der Waals surface area (Å²) in [7, 11) is 1.92. The van der Waals surface area contributed by atoms with Gasteiger partial charge in [-0.3, -0.25) is 9.36 Å². The van der Waals surface area contributed by atoms with Crippen molar-refractivity contribution in [1.29, 1.82) is 0 Å². The Morgan fingerprint density at radius 3 is 3.00 bits per heavy atom. The zero-order chi connectivity index (χ0) is 16.4. The Kier molecular flexibility index (Phi) is 6.32. The number of piperidine rings is 1. The molecule has 1 fully saturated rings. The predicted octanol–water partition coefficient (Wildman–Crippen LogP) is 2.27. The number of likely N-dealkylation sites (N-methyl/N-ethyl adjacent to an activating group) is 1. The topological polar surface area (TPSA) is 67.5 Å². The number of halogens is 2. The Labute approximate surface area is 151 Å². The second kappa shape index (κ2) is 8.05. The van der Waals surface area contributed by atoms with Crippen LogP contribution < -0.4 is 11.1 Å². The average Bonchev–Trinajstić information content (AvgIpc) is 2.87. The molecule has 24 heavy (non-hydrogen) atoms. The lowest BCUT2D eigenvalue weighted by Crippen LogP contribution is -2.47. The normalized spacial score (nSPS) is 17.8. The SMILES string of the molecule is CNC1CCCN(C(=O)CCn2c(=O)oc3cc(Cl)ccc32)C1.Cl. The Bertz CT molecular complexity index is 772. The fourth-order valence-electron chi connectivity index (χ4n) is 3.06. The molecule has 2 heterocycles. The van der Waals surface area contributed by atoms with Gasteiger partial charge < -0.3 is 14.6 Å². The fraction of sp³-hybridized carbons (Fsp3) is 0.500. The van der Waals surface area contributed by atoms with Crippen LogP contribution >= 0.6 is 24.0 Å². The Balaban J connectivity index is 0.00000208. The van der Waals surface area contributed by atoms with Gasteiger partial charge in [-0.05, 0) is 32.0 Å². The van der Waals surface area contributed by atoms with Gasteiger partial charge in [0, 0.05) is 43.2 Å². The number of benzene rings is 1. The third kappa shape index (κ3) is 3.94. The molecule has 1 aliphatic heterocycles. The number of hydrogen-bond acceptors (Lipinski definition) is 4. The van der Waals surface area contributed by atoms with Crippen LogP contribution in [0.15, 0.2) is 27.4 Å². The highest BCUT2D eigenvalue weighted by Gasteiger charge is 2.22. The molecule has 1 saturated heterocycles. The minimum absolute atomic E-state index is 0. The lowest BCUT2D eigenvalue weighted by atomic mass is 10.1. The van der Waals surface area contributed by atoms with Gasteiger partial charge in [-0.2, -0.15) is 0 Å². The van der Waals surface area contributed by atoms with Crippen molar-refractivity contribution < 1.29 is 9.21 Å². The van der Waals surface area contributed by atoms with Crippen molar-refractivity contribution in [3.63, 3.8) is 0 Å². The minimum Gasteiger partial charge on any atom is -0.408 e. The van der Waals surface area contributed by atoms with Crippen molar-refractivity contribution in [3.05, 3.63) is 33.8 Å². The minimum atomic E-state index is -0.457. The largest absolute Gasteiger partial charge is 0.419 e. The van der Waals surface area contributed by atoms with E-state index in [-0.39, 0.29) is 24.7 Å². The van der Waals surface area contributed by atoms with Gasteiger partial charge in [0.25, 0.3) is 0 Å². The van der Waals surface area contributed by atoms with Gasteiger partial charge in [-0.25, -0.2) is 4.79 Å². The van der Waals surface area contributed by atoms with Crippen LogP contribution in [0.5, 0.6) is 0 Å². The quantitative estimate of drug-likeness (QED) is 0.892. The van der Waals surface area contributed by atoms with E-state index >= 15 is 0 Å². The van der Waals surface area contributed by atoms with Crippen molar-refractivity contribution in [2.75, 3.05) is 20.1 Å². The monoisotopic (exact) mass is 373 g/mol. The van der Waals surface area contributed by atoms with Crippen molar-refractivity contribution in [1.82, 2.24) is 14.8 Å². The van der Waals surface area contributed by atoms with E-state index in [1.807, 2.05) is 11.9 Å². The highest BCUT2D eigenvalue weighted by Crippen LogP contribution is 2.19. The molecule has 1 amide bonds. The first-order chi connectivity index (χ1) is 11.1. The maximum Gasteiger partial charge on any atom is 0.419 e. The van der Waals surface area contributed by atoms with Gasteiger partial charge >= 0.3 is 5.76 Å². The first kappa shape index (κ1) is 18.8. The Hall–Kier alpha value is -1.50. The van der Waals surface area contributed by atoms with Crippen molar-refractivity contribution in [3.8, 4) is 0 Å². The van der Waals surface area contributed by atoms with Gasteiger partial charge in [0.2, 0.25) is 5.91 Å². The van der Waals surface area contributed by atoms with Crippen LogP contribution in [0.2, 0.25) is 5.02 Å². The summed E-state index contributed by atoms with van der Waals surface area (Å²) in [4.78, 5) is 26.2. The number of hydrogen-bond donors (Lipinski definition) is 1. The van der Waals surface area contributed by atoms with Crippen LogP contribution in [0.3, 0.4) is 0 Å². The summed E-state index contributed by atoms with van der Waals surface area (Å²) in [5.41, 5.74) is 1.11. The van der Waals surface area contributed by atoms with Crippen LogP contribution in [-0.2, 0) is 11.3 Å². The first-order valence-electron chi connectivity index (χ1n) is 7.82. The molecule has 0 spiro atoms. The van der Waals surface area contributed by atoms with Crippen LogP contribution in [0, 0.1) is 0 Å². The lowest BCUT2D eigenvalue weighted by Gasteiger charge is -2.32. The van der Waals surface area contributed by atoms with E-state index < -0.39 is 5.76 Å². The van der Waals surface area contributed by atoms with E-state index in [0.717, 1.165) is 25.9 Å². The summed E-state index contributed by atoms with van der Waals surface area (Å²) in [5.74, 6) is -0.387. The molecular formula is C16H21Cl2N3O3. The highest BCUT2D eigenvalue weighted by atomic mass is 35.5. The molecule has 1 atom stereocenters. The first-order valence-corrected chi connectivity index (χ1v) is 8.20. The number of carbonyl (C=O) groups is 1. The zero-order valence-electron chi connectivity index (χ0n) is 13.5. The number of oxazole rings is 1. The van der Waals surface area contributed by atoms with E-state index in [1.165, 1.54) is 4.57 Å². The van der Waals surface area contributed by atoms with E-state index in [9.17, 15) is 9.59 Å². The number of aromatic nitrogens is 1. The summed E-state index contributed by atoms with van der Waals surface area (Å²) in [5, 5.41) is 3.74. The molecule has 1 unspecified atom stereocenters. The lowest BCUT2D eigenvalue weighted by molar-refractivity contribution is -0.132. The Morgan fingerprint density at radius 1 is 1.46 bits per heavy atom. The number of nitrogens with zero attached hydrogens (tertiary/aromatic N) is 2. The van der Waals surface area contributed by atoms with Gasteiger partial charge in [0.05, 0.1) is 5.52 Å². The maximum atomic E-state index is 12.4. The number of carbonyl (C=O) groups excluding carboxylic acids is 1. The number of aryl methyl sites for hydroxylation is 1. The number of amides is 1. The summed E-state index contributed by atoms with van der Waals surface area (Å²) >= 11 is 5.90. The average molecular weight is 374 g/mol. The molecule has 0 radical (unpaired) electrons. The number of fused-ring (bicyclic) bond motifs is 1.